The third kappa shape index (κ3) is 3.75. The van der Waals surface area contributed by atoms with Crippen LogP contribution in [0.4, 0.5) is 11.4 Å². The minimum absolute atomic E-state index is 0.0786. The van der Waals surface area contributed by atoms with Crippen molar-refractivity contribution in [2.45, 2.75) is 19.8 Å². The average molecular weight is 270 g/mol. The third-order valence-electron chi connectivity index (χ3n) is 3.11. The number of carbonyl (C=O) groups excluding carboxylic acids is 1. The van der Waals surface area contributed by atoms with Gasteiger partial charge in [-0.05, 0) is 42.7 Å². The Balaban J connectivity index is 1.89. The molecule has 2 aromatic carbocycles. The molecule has 2 aromatic rings. The molecule has 1 amide bonds. The summed E-state index contributed by atoms with van der Waals surface area (Å²) < 4.78 is 0. The van der Waals surface area contributed by atoms with Gasteiger partial charge < -0.3 is 16.2 Å². The Bertz CT molecular complexity index is 606. The molecule has 0 saturated carbocycles. The fraction of sp³-hybridized carbons (Fsp3) is 0.188. The lowest BCUT2D eigenvalue weighted by Gasteiger charge is -2.07. The number of nitrogens with one attached hydrogen (secondary N) is 1. The summed E-state index contributed by atoms with van der Waals surface area (Å²) in [5.41, 5.74) is 8.78. The highest BCUT2D eigenvalue weighted by molar-refractivity contribution is 5.91. The number of anilines is 2. The molecule has 0 heterocycles. The normalized spacial score (nSPS) is 10.2. The molecule has 0 atom stereocenters. The summed E-state index contributed by atoms with van der Waals surface area (Å²) in [5.74, 6) is 0.103. The van der Waals surface area contributed by atoms with Crippen LogP contribution in [0.25, 0.3) is 0 Å². The summed E-state index contributed by atoms with van der Waals surface area (Å²) >= 11 is 0. The van der Waals surface area contributed by atoms with Crippen molar-refractivity contribution in [2.75, 3.05) is 11.1 Å². The van der Waals surface area contributed by atoms with Crippen LogP contribution in [0.5, 0.6) is 5.75 Å². The fourth-order valence-electron chi connectivity index (χ4n) is 1.85. The van der Waals surface area contributed by atoms with Gasteiger partial charge >= 0.3 is 0 Å². The van der Waals surface area contributed by atoms with Crippen molar-refractivity contribution in [3.63, 3.8) is 0 Å². The summed E-state index contributed by atoms with van der Waals surface area (Å²) in [4.78, 5) is 11.8. The molecule has 104 valence electrons. The first-order valence-electron chi connectivity index (χ1n) is 6.48. The summed E-state index contributed by atoms with van der Waals surface area (Å²) in [7, 11) is 0. The van der Waals surface area contributed by atoms with Crippen molar-refractivity contribution in [1.82, 2.24) is 0 Å². The van der Waals surface area contributed by atoms with Crippen LogP contribution in [0.1, 0.15) is 17.5 Å². The molecule has 0 aliphatic carbocycles. The number of aromatic hydroxyl groups is 1. The Morgan fingerprint density at radius 2 is 1.90 bits per heavy atom. The lowest BCUT2D eigenvalue weighted by molar-refractivity contribution is -0.116. The van der Waals surface area contributed by atoms with E-state index in [4.69, 9.17) is 5.73 Å². The molecule has 4 nitrogen and oxygen atoms in total. The Morgan fingerprint density at radius 3 is 2.55 bits per heavy atom. The van der Waals surface area contributed by atoms with E-state index in [0.29, 0.717) is 24.2 Å². The van der Waals surface area contributed by atoms with Crippen LogP contribution in [0.15, 0.2) is 42.5 Å². The summed E-state index contributed by atoms with van der Waals surface area (Å²) in [6, 6.07) is 12.6. The number of benzene rings is 2. The number of phenols is 1. The van der Waals surface area contributed by atoms with Crippen molar-refractivity contribution in [2.24, 2.45) is 0 Å². The first-order chi connectivity index (χ1) is 9.54. The largest absolute Gasteiger partial charge is 0.508 e. The lowest BCUT2D eigenvalue weighted by atomic mass is 10.1. The molecule has 4 heteroatoms. The lowest BCUT2D eigenvalue weighted by Crippen LogP contribution is -2.12. The molecule has 20 heavy (non-hydrogen) atoms. The van der Waals surface area contributed by atoms with Crippen LogP contribution in [-0.2, 0) is 11.2 Å². The maximum Gasteiger partial charge on any atom is 0.224 e. The van der Waals surface area contributed by atoms with Crippen molar-refractivity contribution in [3.8, 4) is 5.75 Å². The Labute approximate surface area is 118 Å². The van der Waals surface area contributed by atoms with Gasteiger partial charge in [0.1, 0.15) is 5.75 Å². The average Bonchev–Trinajstić information content (AvgIpc) is 2.42. The highest BCUT2D eigenvalue weighted by Crippen LogP contribution is 2.21. The maximum absolute atomic E-state index is 11.8. The van der Waals surface area contributed by atoms with Gasteiger partial charge in [0.2, 0.25) is 5.91 Å². The van der Waals surface area contributed by atoms with Gasteiger partial charge in [0.05, 0.1) is 0 Å². The Kier molecular flexibility index (Phi) is 4.25. The molecule has 0 unspecified atom stereocenters. The molecule has 2 rings (SSSR count). The zero-order chi connectivity index (χ0) is 14.5. The molecule has 0 bridgehead atoms. The van der Waals surface area contributed by atoms with Crippen LogP contribution >= 0.6 is 0 Å². The number of aryl methyl sites for hydroxylation is 2. The van der Waals surface area contributed by atoms with E-state index in [2.05, 4.69) is 5.32 Å². The van der Waals surface area contributed by atoms with Gasteiger partial charge in [0.25, 0.3) is 0 Å². The van der Waals surface area contributed by atoms with Crippen LogP contribution < -0.4 is 11.1 Å². The number of carbonyl (C=O) groups is 1. The number of hydrogen-bond acceptors (Lipinski definition) is 3. The second-order valence-electron chi connectivity index (χ2n) is 4.79. The highest BCUT2D eigenvalue weighted by atomic mass is 16.3. The Morgan fingerprint density at radius 1 is 1.20 bits per heavy atom. The van der Waals surface area contributed by atoms with Gasteiger partial charge in [-0.1, -0.05) is 18.2 Å². The molecule has 0 aromatic heterocycles. The van der Waals surface area contributed by atoms with Gasteiger partial charge in [-0.3, -0.25) is 4.79 Å². The van der Waals surface area contributed by atoms with Crippen molar-refractivity contribution in [3.05, 3.63) is 53.6 Å². The monoisotopic (exact) mass is 270 g/mol. The molecule has 0 aliphatic rings. The van der Waals surface area contributed by atoms with E-state index in [9.17, 15) is 9.90 Å². The highest BCUT2D eigenvalue weighted by Gasteiger charge is 2.05. The molecule has 0 saturated heterocycles. The van der Waals surface area contributed by atoms with E-state index in [1.807, 2.05) is 31.2 Å². The van der Waals surface area contributed by atoms with Gasteiger partial charge in [-0.15, -0.1) is 0 Å². The number of amides is 1. The number of rotatable bonds is 4. The van der Waals surface area contributed by atoms with Crippen molar-refractivity contribution >= 4 is 17.3 Å². The molecule has 0 radical (unpaired) electrons. The van der Waals surface area contributed by atoms with E-state index >= 15 is 0 Å². The first-order valence-corrected chi connectivity index (χ1v) is 6.48. The smallest absolute Gasteiger partial charge is 0.224 e. The van der Waals surface area contributed by atoms with Gasteiger partial charge in [-0.2, -0.15) is 0 Å². The standard InChI is InChI=1S/C16H18N2O2/c1-11-2-8-14(10-15(11)19)18-16(20)9-5-12-3-6-13(17)7-4-12/h2-4,6-8,10,19H,5,9,17H2,1H3,(H,18,20). The maximum atomic E-state index is 11.8. The van der Waals surface area contributed by atoms with E-state index in [1.165, 1.54) is 0 Å². The SMILES string of the molecule is Cc1ccc(NC(=O)CCc2ccc(N)cc2)cc1O. The quantitative estimate of drug-likeness (QED) is 0.748. The summed E-state index contributed by atoms with van der Waals surface area (Å²) in [5, 5.41) is 12.4. The van der Waals surface area contributed by atoms with E-state index in [1.54, 1.807) is 18.2 Å². The molecule has 4 N–H and O–H groups in total. The van der Waals surface area contributed by atoms with Crippen LogP contribution in [-0.4, -0.2) is 11.0 Å². The predicted octanol–water partition coefficient (Wildman–Crippen LogP) is 2.85. The van der Waals surface area contributed by atoms with Crippen molar-refractivity contribution in [1.29, 1.82) is 0 Å². The minimum Gasteiger partial charge on any atom is -0.508 e. The molecule has 0 aliphatic heterocycles. The number of hydrogen-bond donors (Lipinski definition) is 3. The topological polar surface area (TPSA) is 75.4 Å². The number of nitrogen functional groups attached to an aromatic ring is 1. The van der Waals surface area contributed by atoms with Gasteiger partial charge in [-0.25, -0.2) is 0 Å². The molecule has 0 spiro atoms. The fourth-order valence-corrected chi connectivity index (χ4v) is 1.85. The van der Waals surface area contributed by atoms with Crippen LogP contribution in [0.3, 0.4) is 0 Å². The number of nitrogens with two attached hydrogens (primary N) is 1. The summed E-state index contributed by atoms with van der Waals surface area (Å²) in [6.07, 6.45) is 1.04. The van der Waals surface area contributed by atoms with Crippen LogP contribution in [0, 0.1) is 6.92 Å². The van der Waals surface area contributed by atoms with E-state index in [-0.39, 0.29) is 11.7 Å². The minimum atomic E-state index is -0.0786. The zero-order valence-corrected chi connectivity index (χ0v) is 11.4. The van der Waals surface area contributed by atoms with Crippen LogP contribution in [0.2, 0.25) is 0 Å². The molecule has 0 fully saturated rings. The first kappa shape index (κ1) is 13.9. The van der Waals surface area contributed by atoms with Gasteiger partial charge in [0.15, 0.2) is 0 Å². The number of phenolic OH excluding ortho intramolecular Hbond substituents is 1. The molecular formula is C16H18N2O2. The van der Waals surface area contributed by atoms with Gasteiger partial charge in [0, 0.05) is 23.9 Å². The van der Waals surface area contributed by atoms with E-state index < -0.39 is 0 Å². The predicted molar refractivity (Wildman–Crippen MR) is 80.6 cm³/mol. The third-order valence-corrected chi connectivity index (χ3v) is 3.11. The summed E-state index contributed by atoms with van der Waals surface area (Å²) in [6.45, 7) is 1.81. The van der Waals surface area contributed by atoms with E-state index in [0.717, 1.165) is 11.1 Å². The zero-order valence-electron chi connectivity index (χ0n) is 11.4. The second-order valence-corrected chi connectivity index (χ2v) is 4.79. The van der Waals surface area contributed by atoms with Crippen molar-refractivity contribution < 1.29 is 9.90 Å². The second kappa shape index (κ2) is 6.10. The molecular weight excluding hydrogens is 252 g/mol. The Hall–Kier alpha value is -2.49.